The van der Waals surface area contributed by atoms with Crippen LogP contribution in [0.15, 0.2) is 59.4 Å². The van der Waals surface area contributed by atoms with Crippen LogP contribution in [0.25, 0.3) is 11.0 Å². The highest BCUT2D eigenvalue weighted by Gasteiger charge is 2.23. The fraction of sp³-hybridized carbons (Fsp3) is 0.222. The molecule has 1 atom stereocenters. The summed E-state index contributed by atoms with van der Waals surface area (Å²) in [4.78, 5) is 26.9. The lowest BCUT2D eigenvalue weighted by Crippen LogP contribution is -2.40. The maximum absolute atomic E-state index is 12.2. The quantitative estimate of drug-likeness (QED) is 0.662. The molecule has 24 heavy (non-hydrogen) atoms. The Morgan fingerprint density at radius 2 is 1.83 bits per heavy atom. The number of carbonyl (C=O) groups is 1. The van der Waals surface area contributed by atoms with Crippen molar-refractivity contribution >= 4 is 16.9 Å². The number of rotatable bonds is 5. The first kappa shape index (κ1) is 16.0. The third kappa shape index (κ3) is 3.23. The zero-order valence-corrected chi connectivity index (χ0v) is 13.3. The van der Waals surface area contributed by atoms with E-state index in [0.29, 0.717) is 11.0 Å². The van der Waals surface area contributed by atoms with Crippen molar-refractivity contribution in [2.45, 2.75) is 19.1 Å². The first-order chi connectivity index (χ1) is 11.5. The van der Waals surface area contributed by atoms with E-state index in [-0.39, 0.29) is 24.7 Å². The molecule has 0 saturated heterocycles. The van der Waals surface area contributed by atoms with Crippen LogP contribution in [0.2, 0.25) is 0 Å². The number of nitrogens with one attached hydrogen (secondary N) is 2. The summed E-state index contributed by atoms with van der Waals surface area (Å²) in [5, 5.41) is 13.2. The number of para-hydroxylation sites is 2. The van der Waals surface area contributed by atoms with Crippen LogP contribution in [-0.4, -0.2) is 27.1 Å². The number of fused-ring (bicyclic) bond motifs is 1. The normalized spacial score (nSPS) is 13.6. The fourth-order valence-electron chi connectivity index (χ4n) is 2.63. The molecule has 124 valence electrons. The molecule has 0 aliphatic carbocycles. The van der Waals surface area contributed by atoms with Gasteiger partial charge in [-0.1, -0.05) is 42.5 Å². The maximum Gasteiger partial charge on any atom is 0.326 e. The van der Waals surface area contributed by atoms with E-state index in [0.717, 1.165) is 5.56 Å². The first-order valence-corrected chi connectivity index (χ1v) is 7.69. The van der Waals surface area contributed by atoms with Gasteiger partial charge in [-0.3, -0.25) is 9.36 Å². The fourth-order valence-corrected chi connectivity index (χ4v) is 2.63. The topological polar surface area (TPSA) is 87.1 Å². The molecule has 6 heteroatoms. The molecule has 1 unspecified atom stereocenters. The lowest BCUT2D eigenvalue weighted by molar-refractivity contribution is -0.122. The molecular formula is C18H19N3O3. The second-order valence-corrected chi connectivity index (χ2v) is 5.95. The van der Waals surface area contributed by atoms with Gasteiger partial charge in [-0.25, -0.2) is 4.79 Å². The zero-order valence-electron chi connectivity index (χ0n) is 13.3. The molecule has 2 aromatic carbocycles. The summed E-state index contributed by atoms with van der Waals surface area (Å²) in [5.41, 5.74) is 0.567. The summed E-state index contributed by atoms with van der Waals surface area (Å²) in [6.07, 6.45) is 0. The largest absolute Gasteiger partial charge is 0.384 e. The Kier molecular flexibility index (Phi) is 4.22. The number of nitrogens with zero attached hydrogens (tertiary/aromatic N) is 1. The molecule has 3 aromatic rings. The Hall–Kier alpha value is -2.86. The lowest BCUT2D eigenvalue weighted by Gasteiger charge is -2.24. The third-order valence-electron chi connectivity index (χ3n) is 4.01. The molecule has 3 N–H and O–H groups in total. The molecule has 3 rings (SSSR count). The number of hydrogen-bond acceptors (Lipinski definition) is 3. The van der Waals surface area contributed by atoms with E-state index in [9.17, 15) is 14.7 Å². The van der Waals surface area contributed by atoms with Gasteiger partial charge < -0.3 is 15.4 Å². The number of imidazole rings is 1. The molecule has 6 nitrogen and oxygen atoms in total. The van der Waals surface area contributed by atoms with E-state index in [1.807, 2.05) is 30.3 Å². The van der Waals surface area contributed by atoms with Gasteiger partial charge in [-0.05, 0) is 24.6 Å². The van der Waals surface area contributed by atoms with Gasteiger partial charge in [-0.15, -0.1) is 0 Å². The Balaban J connectivity index is 1.70. The van der Waals surface area contributed by atoms with Gasteiger partial charge in [0.05, 0.1) is 17.6 Å². The number of aromatic nitrogens is 2. The van der Waals surface area contributed by atoms with Crippen molar-refractivity contribution in [1.82, 2.24) is 14.9 Å². The predicted molar refractivity (Wildman–Crippen MR) is 91.6 cm³/mol. The minimum absolute atomic E-state index is 0.0625. The third-order valence-corrected chi connectivity index (χ3v) is 4.01. The highest BCUT2D eigenvalue weighted by atomic mass is 16.3. The highest BCUT2D eigenvalue weighted by Crippen LogP contribution is 2.18. The molecular weight excluding hydrogens is 306 g/mol. The second kappa shape index (κ2) is 6.33. The van der Waals surface area contributed by atoms with E-state index in [2.05, 4.69) is 10.3 Å². The second-order valence-electron chi connectivity index (χ2n) is 5.95. The molecule has 0 aliphatic rings. The minimum atomic E-state index is -1.18. The summed E-state index contributed by atoms with van der Waals surface area (Å²) in [6.45, 7) is 1.60. The standard InChI is InChI=1S/C18H19N3O3/c1-18(24,13-7-3-2-4-8-13)12-19-16(22)11-21-15-10-6-5-9-14(15)20-17(21)23/h2-10,24H,11-12H2,1H3,(H,19,22)(H,20,23). The van der Waals surface area contributed by atoms with Crippen molar-refractivity contribution in [3.8, 4) is 0 Å². The summed E-state index contributed by atoms with van der Waals surface area (Å²) >= 11 is 0. The van der Waals surface area contributed by atoms with Gasteiger partial charge >= 0.3 is 5.69 Å². The van der Waals surface area contributed by atoms with Gasteiger partial charge in [0.1, 0.15) is 12.1 Å². The summed E-state index contributed by atoms with van der Waals surface area (Å²) in [6, 6.07) is 16.3. The summed E-state index contributed by atoms with van der Waals surface area (Å²) in [7, 11) is 0. The van der Waals surface area contributed by atoms with E-state index in [1.54, 1.807) is 31.2 Å². The molecule has 0 fully saturated rings. The number of amides is 1. The molecule has 0 bridgehead atoms. The summed E-state index contributed by atoms with van der Waals surface area (Å²) < 4.78 is 1.38. The molecule has 1 aromatic heterocycles. The lowest BCUT2D eigenvalue weighted by atomic mass is 9.96. The van der Waals surface area contributed by atoms with Crippen LogP contribution < -0.4 is 11.0 Å². The van der Waals surface area contributed by atoms with Crippen molar-refractivity contribution in [3.63, 3.8) is 0 Å². The number of aromatic amines is 1. The number of benzene rings is 2. The summed E-state index contributed by atoms with van der Waals surface area (Å²) in [5.74, 6) is -0.335. The van der Waals surface area contributed by atoms with E-state index in [1.165, 1.54) is 4.57 Å². The SMILES string of the molecule is CC(O)(CNC(=O)Cn1c(=O)[nH]c2ccccc21)c1ccccc1. The minimum Gasteiger partial charge on any atom is -0.384 e. The Labute approximate surface area is 138 Å². The maximum atomic E-state index is 12.2. The molecule has 1 heterocycles. The predicted octanol–water partition coefficient (Wildman–Crippen LogP) is 1.35. The van der Waals surface area contributed by atoms with Crippen molar-refractivity contribution in [2.75, 3.05) is 6.54 Å². The van der Waals surface area contributed by atoms with Crippen molar-refractivity contribution in [1.29, 1.82) is 0 Å². The van der Waals surface area contributed by atoms with Crippen molar-refractivity contribution < 1.29 is 9.90 Å². The van der Waals surface area contributed by atoms with Crippen LogP contribution >= 0.6 is 0 Å². The van der Waals surface area contributed by atoms with Crippen LogP contribution in [0.4, 0.5) is 0 Å². The highest BCUT2D eigenvalue weighted by molar-refractivity contribution is 5.80. The average molecular weight is 325 g/mol. The number of hydrogen-bond donors (Lipinski definition) is 3. The van der Waals surface area contributed by atoms with Crippen LogP contribution in [0.5, 0.6) is 0 Å². The Morgan fingerprint density at radius 3 is 2.58 bits per heavy atom. The first-order valence-electron chi connectivity index (χ1n) is 7.69. The number of carbonyl (C=O) groups excluding carboxylic acids is 1. The van der Waals surface area contributed by atoms with Crippen LogP contribution in [0.1, 0.15) is 12.5 Å². The van der Waals surface area contributed by atoms with Crippen molar-refractivity contribution in [3.05, 3.63) is 70.6 Å². The van der Waals surface area contributed by atoms with Gasteiger partial charge in [0.25, 0.3) is 0 Å². The van der Waals surface area contributed by atoms with Crippen LogP contribution in [0.3, 0.4) is 0 Å². The van der Waals surface area contributed by atoms with E-state index < -0.39 is 5.60 Å². The molecule has 0 aliphatic heterocycles. The van der Waals surface area contributed by atoms with Crippen molar-refractivity contribution in [2.24, 2.45) is 0 Å². The average Bonchev–Trinajstić information content (AvgIpc) is 2.90. The Morgan fingerprint density at radius 1 is 1.17 bits per heavy atom. The number of aliphatic hydroxyl groups is 1. The molecule has 0 spiro atoms. The van der Waals surface area contributed by atoms with Gasteiger partial charge in [0.2, 0.25) is 5.91 Å². The molecule has 1 amide bonds. The molecule has 0 saturated carbocycles. The Bertz CT molecular complexity index is 910. The smallest absolute Gasteiger partial charge is 0.326 e. The molecule has 0 radical (unpaired) electrons. The number of H-pyrrole nitrogens is 1. The van der Waals surface area contributed by atoms with Gasteiger partial charge in [0, 0.05) is 0 Å². The monoisotopic (exact) mass is 325 g/mol. The van der Waals surface area contributed by atoms with Crippen LogP contribution in [-0.2, 0) is 16.9 Å². The van der Waals surface area contributed by atoms with Crippen LogP contribution in [0, 0.1) is 0 Å². The van der Waals surface area contributed by atoms with E-state index in [4.69, 9.17) is 0 Å². The zero-order chi connectivity index (χ0) is 17.2. The van der Waals surface area contributed by atoms with Gasteiger partial charge in [-0.2, -0.15) is 0 Å². The van der Waals surface area contributed by atoms with E-state index >= 15 is 0 Å². The van der Waals surface area contributed by atoms with Gasteiger partial charge in [0.15, 0.2) is 0 Å².